The highest BCUT2D eigenvalue weighted by molar-refractivity contribution is 7.86. The summed E-state index contributed by atoms with van der Waals surface area (Å²) in [6, 6.07) is -0.288. The van der Waals surface area contributed by atoms with Gasteiger partial charge in [-0.3, -0.25) is 4.79 Å². The molecule has 2 aliphatic heterocycles. The quantitative estimate of drug-likeness (QED) is 0.682. The van der Waals surface area contributed by atoms with Crippen LogP contribution in [-0.2, 0) is 24.5 Å². The Hall–Kier alpha value is -0.700. The van der Waals surface area contributed by atoms with Gasteiger partial charge in [-0.2, -0.15) is 17.0 Å². The Morgan fingerprint density at radius 3 is 2.60 bits per heavy atom. The molecule has 0 radical (unpaired) electrons. The van der Waals surface area contributed by atoms with Crippen molar-refractivity contribution in [1.82, 2.24) is 8.61 Å². The monoisotopic (exact) mass is 306 g/mol. The van der Waals surface area contributed by atoms with Crippen LogP contribution in [0.3, 0.4) is 0 Å². The van der Waals surface area contributed by atoms with Crippen molar-refractivity contribution in [2.75, 3.05) is 40.0 Å². The summed E-state index contributed by atoms with van der Waals surface area (Å²) in [5.41, 5.74) is 0. The number of carbonyl (C=O) groups is 1. The van der Waals surface area contributed by atoms with E-state index >= 15 is 0 Å². The van der Waals surface area contributed by atoms with Crippen LogP contribution >= 0.6 is 0 Å². The zero-order valence-corrected chi connectivity index (χ0v) is 12.6. The lowest BCUT2D eigenvalue weighted by Gasteiger charge is -2.38. The first-order chi connectivity index (χ1) is 9.55. The second-order valence-corrected chi connectivity index (χ2v) is 6.94. The number of carbonyl (C=O) groups excluding carboxylic acids is 1. The number of nitrogens with zero attached hydrogens (tertiary/aromatic N) is 2. The van der Waals surface area contributed by atoms with Gasteiger partial charge in [0.05, 0.1) is 26.7 Å². The van der Waals surface area contributed by atoms with Crippen molar-refractivity contribution in [1.29, 1.82) is 0 Å². The fourth-order valence-electron chi connectivity index (χ4n) is 2.68. The summed E-state index contributed by atoms with van der Waals surface area (Å²) in [6.45, 7) is 2.08. The molecule has 0 saturated carbocycles. The highest BCUT2D eigenvalue weighted by atomic mass is 32.2. The molecule has 2 fully saturated rings. The smallest absolute Gasteiger partial charge is 0.307 e. The van der Waals surface area contributed by atoms with E-state index in [-0.39, 0.29) is 18.4 Å². The number of hydrogen-bond acceptors (Lipinski definition) is 5. The fourth-order valence-corrected chi connectivity index (χ4v) is 4.51. The van der Waals surface area contributed by atoms with Crippen molar-refractivity contribution < 1.29 is 22.7 Å². The average molecular weight is 306 g/mol. The Bertz CT molecular complexity index is 433. The second kappa shape index (κ2) is 6.84. The highest BCUT2D eigenvalue weighted by Crippen LogP contribution is 2.25. The first-order valence-electron chi connectivity index (χ1n) is 6.97. The van der Waals surface area contributed by atoms with Crippen LogP contribution in [0, 0.1) is 0 Å². The molecule has 0 aliphatic carbocycles. The first-order valence-corrected chi connectivity index (χ1v) is 8.37. The molecule has 116 valence electrons. The minimum absolute atomic E-state index is 0.125. The van der Waals surface area contributed by atoms with E-state index < -0.39 is 10.2 Å². The zero-order valence-electron chi connectivity index (χ0n) is 11.8. The van der Waals surface area contributed by atoms with Gasteiger partial charge in [0.2, 0.25) is 0 Å². The number of morpholine rings is 1. The average Bonchev–Trinajstić information content (AvgIpc) is 2.48. The third-order valence-electron chi connectivity index (χ3n) is 3.80. The van der Waals surface area contributed by atoms with Crippen LogP contribution in [0.4, 0.5) is 0 Å². The number of esters is 1. The molecule has 0 aromatic carbocycles. The SMILES string of the molecule is COC(=O)CC1CCCCN1S(=O)(=O)N1CCOCC1. The molecule has 0 spiro atoms. The van der Waals surface area contributed by atoms with Gasteiger partial charge in [-0.05, 0) is 12.8 Å². The lowest BCUT2D eigenvalue weighted by molar-refractivity contribution is -0.141. The van der Waals surface area contributed by atoms with E-state index in [4.69, 9.17) is 4.74 Å². The van der Waals surface area contributed by atoms with Crippen LogP contribution < -0.4 is 0 Å². The summed E-state index contributed by atoms with van der Waals surface area (Å²) in [4.78, 5) is 11.5. The molecule has 7 nitrogen and oxygen atoms in total. The molecule has 8 heteroatoms. The van der Waals surface area contributed by atoms with Crippen LogP contribution in [0.15, 0.2) is 0 Å². The molecule has 0 aromatic heterocycles. The Morgan fingerprint density at radius 2 is 1.95 bits per heavy atom. The topological polar surface area (TPSA) is 76.2 Å². The minimum Gasteiger partial charge on any atom is -0.469 e. The Kier molecular flexibility index (Phi) is 5.36. The van der Waals surface area contributed by atoms with E-state index in [1.165, 1.54) is 15.7 Å². The van der Waals surface area contributed by atoms with Crippen LogP contribution in [0.2, 0.25) is 0 Å². The predicted octanol–water partition coefficient (Wildman–Crippen LogP) is -0.0190. The maximum absolute atomic E-state index is 12.7. The number of rotatable bonds is 4. The van der Waals surface area contributed by atoms with Crippen molar-refractivity contribution in [3.05, 3.63) is 0 Å². The molecule has 0 aromatic rings. The van der Waals surface area contributed by atoms with E-state index in [2.05, 4.69) is 4.74 Å². The molecule has 2 aliphatic rings. The standard InChI is InChI=1S/C12H22N2O5S/c1-18-12(15)10-11-4-2-3-5-14(11)20(16,17)13-6-8-19-9-7-13/h11H,2-10H2,1H3. The van der Waals surface area contributed by atoms with Gasteiger partial charge in [-0.15, -0.1) is 0 Å². The number of methoxy groups -OCH3 is 1. The normalized spacial score (nSPS) is 26.4. The number of hydrogen-bond donors (Lipinski definition) is 0. The molecule has 1 atom stereocenters. The molecule has 1 unspecified atom stereocenters. The van der Waals surface area contributed by atoms with E-state index in [1.54, 1.807) is 0 Å². The van der Waals surface area contributed by atoms with Crippen molar-refractivity contribution >= 4 is 16.2 Å². The summed E-state index contributed by atoms with van der Waals surface area (Å²) in [5, 5.41) is 0. The summed E-state index contributed by atoms with van der Waals surface area (Å²) in [7, 11) is -2.18. The van der Waals surface area contributed by atoms with E-state index in [0.717, 1.165) is 12.8 Å². The Balaban J connectivity index is 2.11. The largest absolute Gasteiger partial charge is 0.469 e. The van der Waals surface area contributed by atoms with E-state index in [9.17, 15) is 13.2 Å². The molecular formula is C12H22N2O5S. The molecule has 20 heavy (non-hydrogen) atoms. The van der Waals surface area contributed by atoms with Gasteiger partial charge >= 0.3 is 5.97 Å². The van der Waals surface area contributed by atoms with Crippen molar-refractivity contribution in [2.45, 2.75) is 31.7 Å². The summed E-state index contributed by atoms with van der Waals surface area (Å²) < 4.78 is 38.1. The lowest BCUT2D eigenvalue weighted by atomic mass is 10.0. The molecule has 2 heterocycles. The van der Waals surface area contributed by atoms with Crippen LogP contribution in [0.5, 0.6) is 0 Å². The van der Waals surface area contributed by atoms with Crippen LogP contribution in [0.25, 0.3) is 0 Å². The Morgan fingerprint density at radius 1 is 1.25 bits per heavy atom. The third-order valence-corrected chi connectivity index (χ3v) is 5.89. The Labute approximate surface area is 120 Å². The lowest BCUT2D eigenvalue weighted by Crippen LogP contribution is -2.53. The predicted molar refractivity (Wildman–Crippen MR) is 72.3 cm³/mol. The maximum atomic E-state index is 12.7. The van der Waals surface area contributed by atoms with Gasteiger partial charge in [0.1, 0.15) is 0 Å². The summed E-state index contributed by atoms with van der Waals surface area (Å²) in [5.74, 6) is -0.362. The molecule has 0 bridgehead atoms. The molecule has 2 saturated heterocycles. The maximum Gasteiger partial charge on any atom is 0.307 e. The first kappa shape index (κ1) is 15.7. The number of ether oxygens (including phenoxy) is 2. The molecule has 2 rings (SSSR count). The summed E-state index contributed by atoms with van der Waals surface area (Å²) >= 11 is 0. The van der Waals surface area contributed by atoms with Crippen molar-refractivity contribution in [3.63, 3.8) is 0 Å². The van der Waals surface area contributed by atoms with Crippen LogP contribution in [-0.4, -0.2) is 69.0 Å². The molecular weight excluding hydrogens is 284 g/mol. The third kappa shape index (κ3) is 3.49. The minimum atomic E-state index is -3.51. The summed E-state index contributed by atoms with van der Waals surface area (Å²) in [6.07, 6.45) is 2.61. The van der Waals surface area contributed by atoms with E-state index in [0.29, 0.717) is 39.3 Å². The van der Waals surface area contributed by atoms with Crippen molar-refractivity contribution in [3.8, 4) is 0 Å². The zero-order chi connectivity index (χ0) is 14.6. The second-order valence-electron chi connectivity index (χ2n) is 5.06. The van der Waals surface area contributed by atoms with Gasteiger partial charge in [-0.1, -0.05) is 6.42 Å². The highest BCUT2D eigenvalue weighted by Gasteiger charge is 2.38. The van der Waals surface area contributed by atoms with Crippen molar-refractivity contribution in [2.24, 2.45) is 0 Å². The van der Waals surface area contributed by atoms with Gasteiger partial charge in [0.25, 0.3) is 10.2 Å². The number of piperidine rings is 1. The van der Waals surface area contributed by atoms with Gasteiger partial charge in [-0.25, -0.2) is 0 Å². The van der Waals surface area contributed by atoms with Gasteiger partial charge in [0.15, 0.2) is 0 Å². The van der Waals surface area contributed by atoms with Gasteiger partial charge in [0, 0.05) is 25.7 Å². The molecule has 0 amide bonds. The van der Waals surface area contributed by atoms with Crippen LogP contribution in [0.1, 0.15) is 25.7 Å². The fraction of sp³-hybridized carbons (Fsp3) is 0.917. The molecule has 0 N–H and O–H groups in total. The van der Waals surface area contributed by atoms with E-state index in [1.807, 2.05) is 0 Å². The van der Waals surface area contributed by atoms with Gasteiger partial charge < -0.3 is 9.47 Å².